The smallest absolute Gasteiger partial charge is 0.247 e. The molecule has 9 heteroatoms. The number of nitrogens with one attached hydrogen (secondary N) is 1. The van der Waals surface area contributed by atoms with Crippen molar-refractivity contribution < 1.29 is 34.1 Å². The van der Waals surface area contributed by atoms with Crippen molar-refractivity contribution in [3.05, 3.63) is 70.3 Å². The summed E-state index contributed by atoms with van der Waals surface area (Å²) in [6.07, 6.45) is 6.09. The molecule has 2 aromatic carbocycles. The fourth-order valence-corrected chi connectivity index (χ4v) is 6.58. The van der Waals surface area contributed by atoms with Crippen LogP contribution in [0.4, 0.5) is 0 Å². The van der Waals surface area contributed by atoms with Crippen molar-refractivity contribution in [2.45, 2.75) is 76.2 Å². The van der Waals surface area contributed by atoms with E-state index < -0.39 is 30.1 Å². The highest BCUT2D eigenvalue weighted by atomic mass is 16.5. The topological polar surface area (TPSA) is 125 Å². The van der Waals surface area contributed by atoms with Crippen LogP contribution in [0, 0.1) is 12.8 Å². The number of aliphatic hydroxyl groups excluding tert-OH is 2. The van der Waals surface area contributed by atoms with E-state index in [-0.39, 0.29) is 25.6 Å². The highest BCUT2D eigenvalue weighted by molar-refractivity contribution is 5.96. The maximum absolute atomic E-state index is 13.9. The molecule has 1 aliphatic heterocycles. The lowest BCUT2D eigenvalue weighted by Crippen LogP contribution is -2.55. The van der Waals surface area contributed by atoms with Crippen LogP contribution in [0.3, 0.4) is 0 Å². The van der Waals surface area contributed by atoms with E-state index in [0.717, 1.165) is 30.4 Å². The first-order valence-electron chi connectivity index (χ1n) is 14.8. The Hall–Kier alpha value is -3.69. The maximum atomic E-state index is 13.9. The third-order valence-electron chi connectivity index (χ3n) is 8.81. The number of ether oxygens (including phenoxy) is 2. The Balaban J connectivity index is 1.54. The van der Waals surface area contributed by atoms with Gasteiger partial charge in [-0.2, -0.15) is 0 Å². The van der Waals surface area contributed by atoms with Gasteiger partial charge in [0, 0.05) is 36.2 Å². The van der Waals surface area contributed by atoms with Gasteiger partial charge in [-0.1, -0.05) is 55.5 Å². The molecule has 1 heterocycles. The minimum Gasteiger partial charge on any atom is -0.493 e. The van der Waals surface area contributed by atoms with Crippen LogP contribution in [0.1, 0.15) is 71.5 Å². The van der Waals surface area contributed by atoms with E-state index in [1.165, 1.54) is 20.0 Å². The van der Waals surface area contributed by atoms with Crippen LogP contribution in [0.2, 0.25) is 0 Å². The number of amides is 2. The first kappa shape index (κ1) is 29.8. The van der Waals surface area contributed by atoms with Crippen molar-refractivity contribution in [2.75, 3.05) is 20.3 Å². The van der Waals surface area contributed by atoms with Gasteiger partial charge in [0.15, 0.2) is 11.5 Å². The molecule has 224 valence electrons. The van der Waals surface area contributed by atoms with Crippen LogP contribution in [0.15, 0.2) is 48.0 Å². The van der Waals surface area contributed by atoms with Crippen LogP contribution in [0.25, 0.3) is 0 Å². The van der Waals surface area contributed by atoms with Crippen LogP contribution in [0.5, 0.6) is 11.5 Å². The van der Waals surface area contributed by atoms with Gasteiger partial charge >= 0.3 is 0 Å². The predicted molar refractivity (Wildman–Crippen MR) is 156 cm³/mol. The molecule has 2 aliphatic carbocycles. The highest BCUT2D eigenvalue weighted by Crippen LogP contribution is 2.51. The number of rotatable bonds is 11. The second-order valence-corrected chi connectivity index (χ2v) is 11.6. The lowest BCUT2D eigenvalue weighted by molar-refractivity contribution is -0.138. The molecule has 5 rings (SSSR count). The molecular weight excluding hydrogens is 536 g/mol. The number of aliphatic hydroxyl groups is 2. The van der Waals surface area contributed by atoms with Gasteiger partial charge in [0.25, 0.3) is 0 Å². The quantitative estimate of drug-likeness (QED) is 0.350. The van der Waals surface area contributed by atoms with Crippen molar-refractivity contribution in [3.63, 3.8) is 0 Å². The lowest BCUT2D eigenvalue weighted by atomic mass is 9.77. The number of hydrogen-bond donors (Lipinski definition) is 3. The maximum Gasteiger partial charge on any atom is 0.247 e. The number of benzene rings is 2. The fraction of sp³-hybridized carbons (Fsp3) is 0.485. The zero-order valence-corrected chi connectivity index (χ0v) is 24.3. The molecule has 9 nitrogen and oxygen atoms in total. The summed E-state index contributed by atoms with van der Waals surface area (Å²) in [7, 11) is 1.46. The number of carbonyl (C=O) groups is 3. The van der Waals surface area contributed by atoms with E-state index in [1.54, 1.807) is 23.1 Å². The minimum atomic E-state index is -1.16. The third-order valence-corrected chi connectivity index (χ3v) is 8.81. The summed E-state index contributed by atoms with van der Waals surface area (Å²) in [5, 5.41) is 24.0. The molecule has 0 aromatic heterocycles. The molecule has 0 saturated heterocycles. The average Bonchev–Trinajstić information content (AvgIpc) is 3.67. The Morgan fingerprint density at radius 2 is 1.90 bits per heavy atom. The van der Waals surface area contributed by atoms with Gasteiger partial charge in [0.1, 0.15) is 18.5 Å². The van der Waals surface area contributed by atoms with Crippen molar-refractivity contribution in [1.82, 2.24) is 10.2 Å². The summed E-state index contributed by atoms with van der Waals surface area (Å²) in [5.74, 6) is -0.0144. The average molecular weight is 577 g/mol. The summed E-state index contributed by atoms with van der Waals surface area (Å²) in [6.45, 7) is 2.06. The molecule has 0 bridgehead atoms. The molecular formula is C33H40N2O7. The molecule has 4 atom stereocenters. The minimum absolute atomic E-state index is 0.0413. The largest absolute Gasteiger partial charge is 0.493 e. The van der Waals surface area contributed by atoms with Crippen molar-refractivity contribution in [2.24, 2.45) is 5.92 Å². The monoisotopic (exact) mass is 576 g/mol. The van der Waals surface area contributed by atoms with Gasteiger partial charge in [-0.15, -0.1) is 0 Å². The second-order valence-electron chi connectivity index (χ2n) is 11.6. The number of carbonyl (C=O) groups excluding carboxylic acids is 3. The summed E-state index contributed by atoms with van der Waals surface area (Å²) in [6, 6.07) is 10.3. The molecule has 2 aromatic rings. The van der Waals surface area contributed by atoms with Crippen LogP contribution in [-0.4, -0.2) is 71.7 Å². The van der Waals surface area contributed by atoms with Gasteiger partial charge in [-0.25, -0.2) is 0 Å². The Labute approximate surface area is 246 Å². The lowest BCUT2D eigenvalue weighted by Gasteiger charge is -2.41. The number of hydrogen-bond acceptors (Lipinski definition) is 7. The number of methoxy groups -OCH3 is 1. The molecule has 0 radical (unpaired) electrons. The summed E-state index contributed by atoms with van der Waals surface area (Å²) in [4.78, 5) is 40.8. The van der Waals surface area contributed by atoms with E-state index >= 15 is 0 Å². The summed E-state index contributed by atoms with van der Waals surface area (Å²) >= 11 is 0. The Morgan fingerprint density at radius 1 is 1.17 bits per heavy atom. The van der Waals surface area contributed by atoms with E-state index in [1.807, 2.05) is 31.2 Å². The van der Waals surface area contributed by atoms with Gasteiger partial charge in [0.05, 0.1) is 25.7 Å². The zero-order chi connectivity index (χ0) is 29.8. The Bertz CT molecular complexity index is 1330. The first-order chi connectivity index (χ1) is 20.3. The van der Waals surface area contributed by atoms with Crippen LogP contribution in [-0.2, 0) is 16.1 Å². The van der Waals surface area contributed by atoms with E-state index in [9.17, 15) is 24.6 Å². The van der Waals surface area contributed by atoms with Crippen LogP contribution >= 0.6 is 0 Å². The number of aldehydes is 1. The second kappa shape index (κ2) is 13.1. The molecule has 1 fully saturated rings. The standard InChI is InChI=1S/C33H40N2O7/c1-20-7-9-22(10-8-20)18-35(28(38)12-11-21-5-3-4-6-21)26-17-25(33(40)34-13-14-36)29-24-15-23(19-37)16-27(41-2)31(24)42-32(29)30(26)39/h7-10,15-17,19,21,26,29-30,32,36,39H,3-6,11-14,18H2,1-2H3,(H,34,40)/t26-,29+,30+,32+/m1/s1. The number of aryl methyl sites for hydroxylation is 1. The summed E-state index contributed by atoms with van der Waals surface area (Å²) in [5.41, 5.74) is 3.23. The van der Waals surface area contributed by atoms with E-state index in [0.29, 0.717) is 46.8 Å². The molecule has 1 saturated carbocycles. The molecule has 3 aliphatic rings. The van der Waals surface area contributed by atoms with Crippen molar-refractivity contribution >= 4 is 18.1 Å². The number of fused-ring (bicyclic) bond motifs is 3. The van der Waals surface area contributed by atoms with E-state index in [4.69, 9.17) is 9.47 Å². The summed E-state index contributed by atoms with van der Waals surface area (Å²) < 4.78 is 11.8. The van der Waals surface area contributed by atoms with Gasteiger partial charge in [-0.05, 0) is 43.0 Å². The van der Waals surface area contributed by atoms with E-state index in [2.05, 4.69) is 5.32 Å². The highest BCUT2D eigenvalue weighted by Gasteiger charge is 2.51. The number of nitrogens with zero attached hydrogens (tertiary/aromatic N) is 1. The Morgan fingerprint density at radius 3 is 2.57 bits per heavy atom. The first-order valence-corrected chi connectivity index (χ1v) is 14.8. The van der Waals surface area contributed by atoms with Crippen molar-refractivity contribution in [3.8, 4) is 11.5 Å². The molecule has 0 unspecified atom stereocenters. The fourth-order valence-electron chi connectivity index (χ4n) is 6.58. The SMILES string of the molecule is COc1cc(C=O)cc2c1O[C@@H]1[C@@H](O)[C@H](N(Cc3ccc(C)cc3)C(=O)CCC3CCCC3)C=C(C(=O)NCCO)[C@H]21. The Kier molecular flexibility index (Phi) is 9.28. The van der Waals surface area contributed by atoms with Gasteiger partial charge < -0.3 is 29.9 Å². The van der Waals surface area contributed by atoms with Gasteiger partial charge in [-0.3, -0.25) is 14.4 Å². The molecule has 3 N–H and O–H groups in total. The zero-order valence-electron chi connectivity index (χ0n) is 24.3. The van der Waals surface area contributed by atoms with Crippen molar-refractivity contribution in [1.29, 1.82) is 0 Å². The van der Waals surface area contributed by atoms with Gasteiger partial charge in [0.2, 0.25) is 11.8 Å². The predicted octanol–water partition coefficient (Wildman–Crippen LogP) is 3.44. The molecule has 2 amide bonds. The molecule has 0 spiro atoms. The molecule has 42 heavy (non-hydrogen) atoms. The third kappa shape index (κ3) is 6.08. The normalized spacial score (nSPS) is 22.9. The van der Waals surface area contributed by atoms with Crippen LogP contribution < -0.4 is 14.8 Å².